The maximum atomic E-state index is 12.1. The highest BCUT2D eigenvalue weighted by Crippen LogP contribution is 2.22. The van der Waals surface area contributed by atoms with Crippen molar-refractivity contribution in [3.8, 4) is 11.8 Å². The van der Waals surface area contributed by atoms with Crippen LogP contribution in [0.5, 0.6) is 5.75 Å². The third-order valence-corrected chi connectivity index (χ3v) is 3.40. The summed E-state index contributed by atoms with van der Waals surface area (Å²) in [5.74, 6) is 0.193. The minimum Gasteiger partial charge on any atom is -0.477 e. The van der Waals surface area contributed by atoms with E-state index in [0.717, 1.165) is 26.1 Å². The molecule has 3 N–H and O–H groups in total. The molecule has 0 aliphatic rings. The molecule has 0 heterocycles. The Balaban J connectivity index is 2.50. The zero-order valence-corrected chi connectivity index (χ0v) is 13.3. The van der Waals surface area contributed by atoms with Crippen LogP contribution in [0.1, 0.15) is 30.6 Å². The first-order chi connectivity index (χ1) is 10.6. The second-order valence-electron chi connectivity index (χ2n) is 4.84. The second kappa shape index (κ2) is 9.64. The Morgan fingerprint density at radius 1 is 1.41 bits per heavy atom. The van der Waals surface area contributed by atoms with E-state index in [1.165, 1.54) is 0 Å². The highest BCUT2D eigenvalue weighted by atomic mass is 16.5. The third-order valence-electron chi connectivity index (χ3n) is 3.40. The number of nitriles is 1. The summed E-state index contributed by atoms with van der Waals surface area (Å²) < 4.78 is 5.19. The molecule has 0 radical (unpaired) electrons. The van der Waals surface area contributed by atoms with Crippen molar-refractivity contribution in [2.24, 2.45) is 0 Å². The molecule has 0 saturated heterocycles. The van der Waals surface area contributed by atoms with Gasteiger partial charge in [-0.2, -0.15) is 5.26 Å². The van der Waals surface area contributed by atoms with E-state index in [9.17, 15) is 4.79 Å². The Hall–Kier alpha value is -2.26. The van der Waals surface area contributed by atoms with Crippen molar-refractivity contribution in [3.63, 3.8) is 0 Å². The van der Waals surface area contributed by atoms with Gasteiger partial charge in [-0.25, -0.2) is 0 Å². The summed E-state index contributed by atoms with van der Waals surface area (Å²) in [7, 11) is 0. The van der Waals surface area contributed by atoms with Crippen molar-refractivity contribution in [1.29, 1.82) is 5.26 Å². The number of benzene rings is 1. The fourth-order valence-electron chi connectivity index (χ4n) is 2.06. The number of rotatable bonds is 9. The first-order valence-corrected chi connectivity index (χ1v) is 7.52. The van der Waals surface area contributed by atoms with Crippen LogP contribution in [0.25, 0.3) is 0 Å². The fraction of sp³-hybridized carbons (Fsp3) is 0.500. The molecule has 0 aliphatic heterocycles. The topological polar surface area (TPSA) is 91.4 Å². The molecule has 0 bridgehead atoms. The normalized spacial score (nSPS) is 10.3. The zero-order valence-electron chi connectivity index (χ0n) is 13.3. The van der Waals surface area contributed by atoms with Crippen molar-refractivity contribution >= 4 is 11.6 Å². The van der Waals surface area contributed by atoms with E-state index in [1.807, 2.05) is 6.07 Å². The largest absolute Gasteiger partial charge is 0.477 e. The van der Waals surface area contributed by atoms with E-state index in [-0.39, 0.29) is 12.5 Å². The number of hydrogen-bond donors (Lipinski definition) is 2. The lowest BCUT2D eigenvalue weighted by Crippen LogP contribution is -2.29. The van der Waals surface area contributed by atoms with Gasteiger partial charge in [0.1, 0.15) is 11.8 Å². The summed E-state index contributed by atoms with van der Waals surface area (Å²) in [6, 6.07) is 6.69. The molecular weight excluding hydrogens is 280 g/mol. The number of carbonyl (C=O) groups excluding carboxylic acids is 1. The van der Waals surface area contributed by atoms with Crippen LogP contribution in [0.4, 0.5) is 5.69 Å². The average Bonchev–Trinajstić information content (AvgIpc) is 2.54. The van der Waals surface area contributed by atoms with Crippen LogP contribution in [0.2, 0.25) is 0 Å². The number of nitrogens with two attached hydrogens (primary N) is 1. The first-order valence-electron chi connectivity index (χ1n) is 7.52. The van der Waals surface area contributed by atoms with Crippen molar-refractivity contribution in [2.75, 3.05) is 38.5 Å². The molecule has 1 aromatic rings. The Labute approximate surface area is 131 Å². The lowest BCUT2D eigenvalue weighted by Gasteiger charge is -2.17. The summed E-state index contributed by atoms with van der Waals surface area (Å²) in [5, 5.41) is 11.4. The van der Waals surface area contributed by atoms with E-state index >= 15 is 0 Å². The zero-order chi connectivity index (χ0) is 16.4. The Morgan fingerprint density at radius 3 is 2.77 bits per heavy atom. The van der Waals surface area contributed by atoms with Gasteiger partial charge in [-0.15, -0.1) is 0 Å². The lowest BCUT2D eigenvalue weighted by molar-refractivity contribution is 0.0951. The molecular formula is C16H24N4O2. The molecule has 0 spiro atoms. The molecule has 1 amide bonds. The number of nitrogen functional groups attached to an aromatic ring is 1. The number of hydrogen-bond acceptors (Lipinski definition) is 5. The quantitative estimate of drug-likeness (QED) is 0.534. The van der Waals surface area contributed by atoms with Crippen LogP contribution in [-0.2, 0) is 0 Å². The lowest BCUT2D eigenvalue weighted by atomic mass is 10.1. The summed E-state index contributed by atoms with van der Waals surface area (Å²) >= 11 is 0. The maximum absolute atomic E-state index is 12.1. The Kier molecular flexibility index (Phi) is 7.79. The van der Waals surface area contributed by atoms with Crippen molar-refractivity contribution in [3.05, 3.63) is 23.8 Å². The summed E-state index contributed by atoms with van der Waals surface area (Å²) in [4.78, 5) is 14.4. The average molecular weight is 304 g/mol. The van der Waals surface area contributed by atoms with Gasteiger partial charge in [-0.1, -0.05) is 13.8 Å². The van der Waals surface area contributed by atoms with E-state index in [1.54, 1.807) is 18.2 Å². The van der Waals surface area contributed by atoms with Crippen LogP contribution in [-0.4, -0.2) is 43.6 Å². The van der Waals surface area contributed by atoms with Gasteiger partial charge < -0.3 is 20.7 Å². The molecule has 6 nitrogen and oxygen atoms in total. The minimum absolute atomic E-state index is 0.0981. The van der Waals surface area contributed by atoms with Crippen LogP contribution >= 0.6 is 0 Å². The summed E-state index contributed by atoms with van der Waals surface area (Å²) in [6.45, 7) is 7.77. The highest BCUT2D eigenvalue weighted by Gasteiger charge is 2.09. The maximum Gasteiger partial charge on any atom is 0.251 e. The van der Waals surface area contributed by atoms with E-state index in [4.69, 9.17) is 15.7 Å². The number of carbonyl (C=O) groups is 1. The number of anilines is 1. The predicted octanol–water partition coefficient (Wildman–Crippen LogP) is 1.63. The fourth-order valence-corrected chi connectivity index (χ4v) is 2.06. The van der Waals surface area contributed by atoms with Gasteiger partial charge in [0.2, 0.25) is 0 Å². The van der Waals surface area contributed by atoms with Gasteiger partial charge in [0.15, 0.2) is 6.61 Å². The minimum atomic E-state index is -0.165. The van der Waals surface area contributed by atoms with Gasteiger partial charge >= 0.3 is 0 Å². The van der Waals surface area contributed by atoms with Crippen molar-refractivity contribution in [1.82, 2.24) is 10.2 Å². The van der Waals surface area contributed by atoms with E-state index in [2.05, 4.69) is 24.1 Å². The van der Waals surface area contributed by atoms with Crippen LogP contribution in [0.15, 0.2) is 18.2 Å². The standard InChI is InChI=1S/C16H24N4O2/c1-3-20(4-2)10-5-9-19-16(21)13-6-7-14(18)15(12-13)22-11-8-17/h6-7,12H,3-5,9-11,18H2,1-2H3,(H,19,21). The molecule has 1 aromatic carbocycles. The summed E-state index contributed by atoms with van der Waals surface area (Å²) in [5.41, 5.74) is 6.63. The number of ether oxygens (including phenoxy) is 1. The molecule has 0 aliphatic carbocycles. The van der Waals surface area contributed by atoms with Crippen molar-refractivity contribution in [2.45, 2.75) is 20.3 Å². The first kappa shape index (κ1) is 17.8. The Morgan fingerprint density at radius 2 is 2.14 bits per heavy atom. The third kappa shape index (κ3) is 5.62. The Bertz CT molecular complexity index is 521. The van der Waals surface area contributed by atoms with Gasteiger partial charge in [0.05, 0.1) is 5.69 Å². The number of nitrogens with zero attached hydrogens (tertiary/aromatic N) is 2. The number of amides is 1. The van der Waals surface area contributed by atoms with Gasteiger partial charge in [-0.3, -0.25) is 4.79 Å². The highest BCUT2D eigenvalue weighted by molar-refractivity contribution is 5.95. The molecule has 1 rings (SSSR count). The molecule has 22 heavy (non-hydrogen) atoms. The second-order valence-corrected chi connectivity index (χ2v) is 4.84. The molecule has 6 heteroatoms. The monoisotopic (exact) mass is 304 g/mol. The van der Waals surface area contributed by atoms with Gasteiger partial charge in [-0.05, 0) is 44.3 Å². The van der Waals surface area contributed by atoms with E-state index in [0.29, 0.717) is 23.5 Å². The van der Waals surface area contributed by atoms with Crippen molar-refractivity contribution < 1.29 is 9.53 Å². The predicted molar refractivity (Wildman–Crippen MR) is 86.7 cm³/mol. The molecule has 0 unspecified atom stereocenters. The SMILES string of the molecule is CCN(CC)CCCNC(=O)c1ccc(N)c(OCC#N)c1. The van der Waals surface area contributed by atoms with Gasteiger partial charge in [0.25, 0.3) is 5.91 Å². The van der Waals surface area contributed by atoms with Crippen LogP contribution in [0, 0.1) is 11.3 Å². The van der Waals surface area contributed by atoms with E-state index < -0.39 is 0 Å². The number of nitrogens with one attached hydrogen (secondary N) is 1. The van der Waals surface area contributed by atoms with Gasteiger partial charge in [0, 0.05) is 12.1 Å². The molecule has 120 valence electrons. The molecule has 0 fully saturated rings. The molecule has 0 atom stereocenters. The van der Waals surface area contributed by atoms with Crippen LogP contribution in [0.3, 0.4) is 0 Å². The molecule has 0 saturated carbocycles. The van der Waals surface area contributed by atoms with Crippen LogP contribution < -0.4 is 15.8 Å². The molecule has 0 aromatic heterocycles. The smallest absolute Gasteiger partial charge is 0.251 e. The summed E-state index contributed by atoms with van der Waals surface area (Å²) in [6.07, 6.45) is 0.903.